The molecule has 1 heterocycles. The van der Waals surface area contributed by atoms with Gasteiger partial charge in [-0.15, -0.1) is 11.6 Å². The van der Waals surface area contributed by atoms with Gasteiger partial charge < -0.3 is 4.57 Å². The van der Waals surface area contributed by atoms with Gasteiger partial charge in [-0.1, -0.05) is 6.07 Å². The molecular formula is C16H17ClFNO. The molecule has 0 aliphatic heterocycles. The third-order valence-corrected chi connectivity index (χ3v) is 3.74. The topological polar surface area (TPSA) is 22.0 Å². The summed E-state index contributed by atoms with van der Waals surface area (Å²) >= 11 is 5.88. The van der Waals surface area contributed by atoms with E-state index in [0.717, 1.165) is 17.1 Å². The van der Waals surface area contributed by atoms with Crippen LogP contribution in [0.3, 0.4) is 0 Å². The molecular weight excluding hydrogens is 277 g/mol. The lowest BCUT2D eigenvalue weighted by Gasteiger charge is -2.13. The zero-order chi connectivity index (χ0) is 15.0. The number of carbonyl (C=O) groups is 1. The van der Waals surface area contributed by atoms with E-state index in [1.165, 1.54) is 6.07 Å². The summed E-state index contributed by atoms with van der Waals surface area (Å²) in [6.45, 7) is 7.13. The number of alkyl halides is 1. The Kier molecular flexibility index (Phi) is 4.00. The van der Waals surface area contributed by atoms with Gasteiger partial charge in [-0.2, -0.15) is 0 Å². The molecule has 20 heavy (non-hydrogen) atoms. The third-order valence-electron chi connectivity index (χ3n) is 3.54. The Balaban J connectivity index is 2.65. The van der Waals surface area contributed by atoms with E-state index >= 15 is 0 Å². The van der Waals surface area contributed by atoms with E-state index in [4.69, 9.17) is 11.6 Å². The average molecular weight is 294 g/mol. The number of ketones is 1. The van der Waals surface area contributed by atoms with Crippen LogP contribution in [0.5, 0.6) is 0 Å². The summed E-state index contributed by atoms with van der Waals surface area (Å²) in [6, 6.07) is 6.75. The van der Waals surface area contributed by atoms with Gasteiger partial charge >= 0.3 is 0 Å². The molecule has 0 radical (unpaired) electrons. The highest BCUT2D eigenvalue weighted by atomic mass is 35.5. The molecule has 1 aromatic carbocycles. The lowest BCUT2D eigenvalue weighted by atomic mass is 10.1. The Morgan fingerprint density at radius 2 is 1.95 bits per heavy atom. The molecule has 0 bridgehead atoms. The normalized spacial score (nSPS) is 12.5. The summed E-state index contributed by atoms with van der Waals surface area (Å²) < 4.78 is 15.6. The minimum Gasteiger partial charge on any atom is -0.317 e. The average Bonchev–Trinajstić information content (AvgIpc) is 2.68. The number of benzene rings is 1. The second kappa shape index (κ2) is 5.41. The molecule has 106 valence electrons. The highest BCUT2D eigenvalue weighted by Gasteiger charge is 2.20. The number of rotatable bonds is 3. The third kappa shape index (κ3) is 2.38. The van der Waals surface area contributed by atoms with Crippen molar-refractivity contribution >= 4 is 17.4 Å². The first kappa shape index (κ1) is 14.8. The number of nitrogens with zero attached hydrogens (tertiary/aromatic N) is 1. The van der Waals surface area contributed by atoms with Crippen LogP contribution in [0, 0.1) is 26.6 Å². The van der Waals surface area contributed by atoms with Crippen LogP contribution in [-0.2, 0) is 0 Å². The van der Waals surface area contributed by atoms with Gasteiger partial charge in [0.25, 0.3) is 0 Å². The van der Waals surface area contributed by atoms with Gasteiger partial charge in [0.1, 0.15) is 5.82 Å². The first-order valence-electron chi connectivity index (χ1n) is 6.47. The highest BCUT2D eigenvalue weighted by Crippen LogP contribution is 2.25. The predicted molar refractivity (Wildman–Crippen MR) is 79.6 cm³/mol. The molecule has 1 aromatic heterocycles. The van der Waals surface area contributed by atoms with Crippen molar-refractivity contribution in [2.24, 2.45) is 0 Å². The van der Waals surface area contributed by atoms with Crippen LogP contribution in [0.15, 0.2) is 24.3 Å². The quantitative estimate of drug-likeness (QED) is 0.609. The van der Waals surface area contributed by atoms with Gasteiger partial charge in [0.2, 0.25) is 0 Å². The zero-order valence-electron chi connectivity index (χ0n) is 12.0. The predicted octanol–water partition coefficient (Wildman–Crippen LogP) is 4.35. The SMILES string of the molecule is Cc1c(F)cccc1-n1c(C)cc(C(=O)C(C)Cl)c1C. The minimum atomic E-state index is -0.572. The molecule has 0 N–H and O–H groups in total. The largest absolute Gasteiger partial charge is 0.317 e. The fourth-order valence-electron chi connectivity index (χ4n) is 2.44. The monoisotopic (exact) mass is 293 g/mol. The van der Waals surface area contributed by atoms with Crippen molar-refractivity contribution in [2.45, 2.75) is 33.1 Å². The molecule has 2 rings (SSSR count). The number of halogens is 2. The maximum Gasteiger partial charge on any atom is 0.182 e. The van der Waals surface area contributed by atoms with Crippen molar-refractivity contribution in [1.82, 2.24) is 4.57 Å². The second-order valence-corrected chi connectivity index (χ2v) is 5.64. The van der Waals surface area contributed by atoms with Crippen LogP contribution in [0.25, 0.3) is 5.69 Å². The van der Waals surface area contributed by atoms with Crippen molar-refractivity contribution in [3.05, 3.63) is 52.6 Å². The van der Waals surface area contributed by atoms with Crippen LogP contribution in [0.2, 0.25) is 0 Å². The zero-order valence-corrected chi connectivity index (χ0v) is 12.8. The molecule has 0 spiro atoms. The molecule has 1 atom stereocenters. The molecule has 0 aliphatic rings. The first-order chi connectivity index (χ1) is 9.34. The van der Waals surface area contributed by atoms with Crippen LogP contribution >= 0.6 is 11.6 Å². The summed E-state index contributed by atoms with van der Waals surface area (Å²) in [5, 5.41) is -0.572. The van der Waals surface area contributed by atoms with E-state index in [-0.39, 0.29) is 11.6 Å². The molecule has 1 unspecified atom stereocenters. The fraction of sp³-hybridized carbons (Fsp3) is 0.312. The Labute approximate surface area is 123 Å². The van der Waals surface area contributed by atoms with Gasteiger partial charge in [-0.25, -0.2) is 4.39 Å². The van der Waals surface area contributed by atoms with Gasteiger partial charge in [0, 0.05) is 22.5 Å². The molecule has 2 nitrogen and oxygen atoms in total. The number of aryl methyl sites for hydroxylation is 1. The van der Waals surface area contributed by atoms with Crippen LogP contribution in [0.4, 0.5) is 4.39 Å². The molecule has 0 saturated heterocycles. The number of hydrogen-bond acceptors (Lipinski definition) is 1. The Hall–Kier alpha value is -1.61. The lowest BCUT2D eigenvalue weighted by Crippen LogP contribution is -2.12. The van der Waals surface area contributed by atoms with Crippen LogP contribution in [-0.4, -0.2) is 15.7 Å². The number of carbonyl (C=O) groups excluding carboxylic acids is 1. The number of Topliss-reactive ketones (excluding diaryl/α,β-unsaturated/α-hetero) is 1. The van der Waals surface area contributed by atoms with Gasteiger partial charge in [-0.05, 0) is 45.9 Å². The van der Waals surface area contributed by atoms with Crippen molar-refractivity contribution in [3.8, 4) is 5.69 Å². The molecule has 0 aliphatic carbocycles. The van der Waals surface area contributed by atoms with Crippen molar-refractivity contribution in [3.63, 3.8) is 0 Å². The van der Waals surface area contributed by atoms with Crippen molar-refractivity contribution < 1.29 is 9.18 Å². The van der Waals surface area contributed by atoms with Gasteiger partial charge in [0.15, 0.2) is 5.78 Å². The van der Waals surface area contributed by atoms with E-state index < -0.39 is 5.38 Å². The van der Waals surface area contributed by atoms with E-state index in [1.807, 2.05) is 24.5 Å². The molecule has 0 amide bonds. The summed E-state index contributed by atoms with van der Waals surface area (Å²) in [5.41, 5.74) is 3.58. The molecule has 2 aromatic rings. The summed E-state index contributed by atoms with van der Waals surface area (Å²) in [7, 11) is 0. The number of hydrogen-bond donors (Lipinski definition) is 0. The maximum atomic E-state index is 13.7. The fourth-order valence-corrected chi connectivity index (χ4v) is 2.55. The number of aromatic nitrogens is 1. The summed E-state index contributed by atoms with van der Waals surface area (Å²) in [4.78, 5) is 12.1. The standard InChI is InChI=1S/C16H17ClFNO/c1-9-8-13(16(20)11(3)17)12(4)19(9)15-7-5-6-14(18)10(15)2/h5-8,11H,1-4H3. The van der Waals surface area contributed by atoms with Crippen molar-refractivity contribution in [2.75, 3.05) is 0 Å². The van der Waals surface area contributed by atoms with Crippen LogP contribution < -0.4 is 0 Å². The molecule has 0 fully saturated rings. The van der Waals surface area contributed by atoms with E-state index in [2.05, 4.69) is 0 Å². The van der Waals surface area contributed by atoms with E-state index in [1.54, 1.807) is 26.0 Å². The Bertz CT molecular complexity index is 673. The minimum absolute atomic E-state index is 0.111. The Morgan fingerprint density at radius 1 is 1.30 bits per heavy atom. The van der Waals surface area contributed by atoms with E-state index in [9.17, 15) is 9.18 Å². The lowest BCUT2D eigenvalue weighted by molar-refractivity contribution is 0.0991. The maximum absolute atomic E-state index is 13.7. The summed E-state index contributed by atoms with van der Waals surface area (Å²) in [6.07, 6.45) is 0. The molecule has 0 saturated carbocycles. The first-order valence-corrected chi connectivity index (χ1v) is 6.91. The van der Waals surface area contributed by atoms with Crippen molar-refractivity contribution in [1.29, 1.82) is 0 Å². The molecule has 4 heteroatoms. The van der Waals surface area contributed by atoms with Gasteiger partial charge in [-0.3, -0.25) is 4.79 Å². The van der Waals surface area contributed by atoms with E-state index in [0.29, 0.717) is 11.1 Å². The van der Waals surface area contributed by atoms with Crippen LogP contribution in [0.1, 0.15) is 34.2 Å². The smallest absolute Gasteiger partial charge is 0.182 e. The summed E-state index contributed by atoms with van der Waals surface area (Å²) in [5.74, 6) is -0.367. The highest BCUT2D eigenvalue weighted by molar-refractivity contribution is 6.33. The van der Waals surface area contributed by atoms with Gasteiger partial charge in [0.05, 0.1) is 11.1 Å². The Morgan fingerprint density at radius 3 is 2.55 bits per heavy atom. The second-order valence-electron chi connectivity index (χ2n) is 4.98.